The molecule has 0 aliphatic rings. The highest BCUT2D eigenvalue weighted by atomic mass is 16.5. The summed E-state index contributed by atoms with van der Waals surface area (Å²) in [6.45, 7) is 7.38. The van der Waals surface area contributed by atoms with E-state index >= 15 is 0 Å². The average Bonchev–Trinajstić information content (AvgIpc) is 2.52. The van der Waals surface area contributed by atoms with Gasteiger partial charge in [0.2, 0.25) is 0 Å². The van der Waals surface area contributed by atoms with Crippen molar-refractivity contribution in [3.8, 4) is 5.75 Å². The van der Waals surface area contributed by atoms with Gasteiger partial charge in [0.15, 0.2) is 0 Å². The quantitative estimate of drug-likeness (QED) is 0.828. The van der Waals surface area contributed by atoms with Gasteiger partial charge < -0.3 is 19.5 Å². The van der Waals surface area contributed by atoms with E-state index in [1.165, 1.54) is 12.1 Å². The lowest BCUT2D eigenvalue weighted by Crippen LogP contribution is -2.42. The average molecular weight is 337 g/mol. The van der Waals surface area contributed by atoms with Crippen molar-refractivity contribution in [1.82, 2.24) is 4.90 Å². The third-order valence-electron chi connectivity index (χ3n) is 3.54. The van der Waals surface area contributed by atoms with Crippen LogP contribution in [0.4, 0.5) is 0 Å². The van der Waals surface area contributed by atoms with E-state index in [1.54, 1.807) is 4.90 Å². The van der Waals surface area contributed by atoms with Gasteiger partial charge in [0.1, 0.15) is 11.3 Å². The molecule has 1 aromatic rings. The van der Waals surface area contributed by atoms with E-state index in [0.29, 0.717) is 0 Å². The summed E-state index contributed by atoms with van der Waals surface area (Å²) >= 11 is 0. The van der Waals surface area contributed by atoms with Crippen molar-refractivity contribution in [3.63, 3.8) is 0 Å². The summed E-state index contributed by atoms with van der Waals surface area (Å²) in [5.74, 6) is -2.73. The molecular weight excluding hydrogens is 314 g/mol. The number of rotatable bonds is 5. The summed E-state index contributed by atoms with van der Waals surface area (Å²) < 4.78 is 9.30. The Bertz CT molecular complexity index is 643. The van der Waals surface area contributed by atoms with E-state index in [0.717, 1.165) is 14.2 Å². The fraction of sp³-hybridized carbons (Fsp3) is 0.471. The second-order valence-corrected chi connectivity index (χ2v) is 5.77. The molecule has 1 N–H and O–H groups in total. The van der Waals surface area contributed by atoms with Crippen LogP contribution < -0.4 is 0 Å². The van der Waals surface area contributed by atoms with Gasteiger partial charge in [-0.25, -0.2) is 9.59 Å². The topological polar surface area (TPSA) is 93.1 Å². The number of esters is 2. The first kappa shape index (κ1) is 19.5. The monoisotopic (exact) mass is 337 g/mol. The molecule has 0 atom stereocenters. The van der Waals surface area contributed by atoms with Gasteiger partial charge in [0.25, 0.3) is 5.91 Å². The molecule has 7 heteroatoms. The standard InChI is InChI=1S/C17H23NO6/c1-9(2)18(10(3)4)15(20)11-7-8-12(19)14(17(22)24-6)13(11)16(21)23-5/h7-10,19H,1-6H3. The highest BCUT2D eigenvalue weighted by Crippen LogP contribution is 2.28. The van der Waals surface area contributed by atoms with Crippen LogP contribution in [-0.4, -0.2) is 54.2 Å². The van der Waals surface area contributed by atoms with Gasteiger partial charge in [-0.05, 0) is 39.8 Å². The van der Waals surface area contributed by atoms with E-state index in [4.69, 9.17) is 0 Å². The Morgan fingerprint density at radius 1 is 0.917 bits per heavy atom. The molecule has 0 aromatic heterocycles. The molecule has 0 bridgehead atoms. The molecule has 1 rings (SSSR count). The molecule has 0 aliphatic heterocycles. The lowest BCUT2D eigenvalue weighted by atomic mass is 9.97. The second kappa shape index (κ2) is 7.81. The van der Waals surface area contributed by atoms with Crippen molar-refractivity contribution in [2.45, 2.75) is 39.8 Å². The fourth-order valence-electron chi connectivity index (χ4n) is 2.60. The molecule has 0 unspecified atom stereocenters. The van der Waals surface area contributed by atoms with Gasteiger partial charge in [0, 0.05) is 12.1 Å². The van der Waals surface area contributed by atoms with Crippen LogP contribution in [0.2, 0.25) is 0 Å². The third-order valence-corrected chi connectivity index (χ3v) is 3.54. The number of amides is 1. The van der Waals surface area contributed by atoms with Gasteiger partial charge >= 0.3 is 11.9 Å². The van der Waals surface area contributed by atoms with Crippen molar-refractivity contribution >= 4 is 17.8 Å². The number of hydrogen-bond acceptors (Lipinski definition) is 6. The first-order valence-electron chi connectivity index (χ1n) is 7.52. The number of nitrogens with zero attached hydrogens (tertiary/aromatic N) is 1. The van der Waals surface area contributed by atoms with Gasteiger partial charge in [-0.1, -0.05) is 0 Å². The molecule has 1 aromatic carbocycles. The highest BCUT2D eigenvalue weighted by Gasteiger charge is 2.32. The molecule has 0 fully saturated rings. The summed E-state index contributed by atoms with van der Waals surface area (Å²) in [4.78, 5) is 38.7. The minimum Gasteiger partial charge on any atom is -0.507 e. The highest BCUT2D eigenvalue weighted by molar-refractivity contribution is 6.12. The first-order valence-corrected chi connectivity index (χ1v) is 7.52. The summed E-state index contributed by atoms with van der Waals surface area (Å²) in [6.07, 6.45) is 0. The second-order valence-electron chi connectivity index (χ2n) is 5.77. The largest absolute Gasteiger partial charge is 0.507 e. The minimum atomic E-state index is -0.928. The zero-order valence-electron chi connectivity index (χ0n) is 14.7. The molecule has 0 heterocycles. The van der Waals surface area contributed by atoms with Crippen molar-refractivity contribution in [1.29, 1.82) is 0 Å². The van der Waals surface area contributed by atoms with Crippen LogP contribution in [0.15, 0.2) is 12.1 Å². The predicted octanol–water partition coefficient (Wildman–Crippen LogP) is 2.22. The Balaban J connectivity index is 3.67. The van der Waals surface area contributed by atoms with Crippen LogP contribution in [0.25, 0.3) is 0 Å². The molecule has 1 amide bonds. The van der Waals surface area contributed by atoms with Crippen LogP contribution in [0.5, 0.6) is 5.75 Å². The van der Waals surface area contributed by atoms with Crippen LogP contribution in [0, 0.1) is 0 Å². The predicted molar refractivity (Wildman–Crippen MR) is 87.2 cm³/mol. The number of phenolic OH excluding ortho intramolecular Hbond substituents is 1. The summed E-state index contributed by atoms with van der Waals surface area (Å²) in [7, 11) is 2.25. The minimum absolute atomic E-state index is 0.0255. The number of ether oxygens (including phenoxy) is 2. The molecule has 132 valence electrons. The molecule has 0 saturated carbocycles. The molecule has 0 spiro atoms. The number of phenols is 1. The van der Waals surface area contributed by atoms with Crippen molar-refractivity contribution in [3.05, 3.63) is 28.8 Å². The lowest BCUT2D eigenvalue weighted by molar-refractivity contribution is 0.0541. The maximum Gasteiger partial charge on any atom is 0.342 e. The van der Waals surface area contributed by atoms with Gasteiger partial charge in [-0.15, -0.1) is 0 Å². The number of carbonyl (C=O) groups excluding carboxylic acids is 3. The fourth-order valence-corrected chi connectivity index (χ4v) is 2.60. The first-order chi connectivity index (χ1) is 11.2. The smallest absolute Gasteiger partial charge is 0.342 e. The van der Waals surface area contributed by atoms with Crippen molar-refractivity contribution in [2.24, 2.45) is 0 Å². The van der Waals surface area contributed by atoms with E-state index in [-0.39, 0.29) is 28.8 Å². The number of methoxy groups -OCH3 is 2. The van der Waals surface area contributed by atoms with Crippen molar-refractivity contribution < 1.29 is 29.0 Å². The van der Waals surface area contributed by atoms with E-state index in [1.807, 2.05) is 27.7 Å². The zero-order chi connectivity index (χ0) is 18.6. The Hall–Kier alpha value is -2.57. The SMILES string of the molecule is COC(=O)c1c(O)ccc(C(=O)N(C(C)C)C(C)C)c1C(=O)OC. The summed E-state index contributed by atoms with van der Waals surface area (Å²) in [6, 6.07) is 2.23. The maximum absolute atomic E-state index is 12.9. The summed E-state index contributed by atoms with van der Waals surface area (Å²) in [5, 5.41) is 9.97. The lowest BCUT2D eigenvalue weighted by Gasteiger charge is -2.31. The number of hydrogen-bond donors (Lipinski definition) is 1. The summed E-state index contributed by atoms with van der Waals surface area (Å²) in [5.41, 5.74) is -0.717. The van der Waals surface area contributed by atoms with E-state index < -0.39 is 23.6 Å². The molecule has 0 saturated heterocycles. The molecule has 24 heavy (non-hydrogen) atoms. The molecule has 0 radical (unpaired) electrons. The van der Waals surface area contributed by atoms with Crippen LogP contribution in [-0.2, 0) is 9.47 Å². The Morgan fingerprint density at radius 2 is 1.38 bits per heavy atom. The van der Waals surface area contributed by atoms with Crippen LogP contribution >= 0.6 is 0 Å². The maximum atomic E-state index is 12.9. The Labute approximate surface area is 141 Å². The zero-order valence-corrected chi connectivity index (χ0v) is 14.7. The van der Waals surface area contributed by atoms with E-state index in [2.05, 4.69) is 9.47 Å². The molecule has 7 nitrogen and oxygen atoms in total. The number of benzene rings is 1. The number of carbonyl (C=O) groups is 3. The molecular formula is C17H23NO6. The Morgan fingerprint density at radius 3 is 1.79 bits per heavy atom. The van der Waals surface area contributed by atoms with E-state index in [9.17, 15) is 19.5 Å². The Kier molecular flexibility index (Phi) is 6.34. The molecule has 0 aliphatic carbocycles. The van der Waals surface area contributed by atoms with Crippen molar-refractivity contribution in [2.75, 3.05) is 14.2 Å². The van der Waals surface area contributed by atoms with Crippen LogP contribution in [0.3, 0.4) is 0 Å². The third kappa shape index (κ3) is 3.67. The van der Waals surface area contributed by atoms with Crippen LogP contribution in [0.1, 0.15) is 58.8 Å². The normalized spacial score (nSPS) is 10.7. The van der Waals surface area contributed by atoms with Gasteiger partial charge in [-0.2, -0.15) is 0 Å². The van der Waals surface area contributed by atoms with Gasteiger partial charge in [0.05, 0.1) is 25.3 Å². The van der Waals surface area contributed by atoms with Gasteiger partial charge in [-0.3, -0.25) is 4.79 Å². The number of aromatic hydroxyl groups is 1.